The first-order valence-electron chi connectivity index (χ1n) is 9.70. The SMILES string of the molecule is Cc1nn(Cc2ccccc2Cl)c(Cl)c1C(=O)N1CCN(c2ccccc2Cl)CC1. The van der Waals surface area contributed by atoms with Gasteiger partial charge in [0.2, 0.25) is 0 Å². The lowest BCUT2D eigenvalue weighted by molar-refractivity contribution is 0.0746. The van der Waals surface area contributed by atoms with Crippen molar-refractivity contribution < 1.29 is 4.79 Å². The Morgan fingerprint density at radius 3 is 2.23 bits per heavy atom. The Balaban J connectivity index is 1.49. The van der Waals surface area contributed by atoms with E-state index in [-0.39, 0.29) is 5.91 Å². The van der Waals surface area contributed by atoms with E-state index in [9.17, 15) is 4.79 Å². The predicted octanol–water partition coefficient (Wildman–Crippen LogP) is 5.16. The molecule has 1 fully saturated rings. The van der Waals surface area contributed by atoms with Gasteiger partial charge in [0.1, 0.15) is 5.15 Å². The molecule has 1 aromatic heterocycles. The zero-order valence-corrected chi connectivity index (χ0v) is 18.8. The number of benzene rings is 2. The number of anilines is 1. The maximum absolute atomic E-state index is 13.2. The summed E-state index contributed by atoms with van der Waals surface area (Å²) in [6.45, 7) is 4.82. The second kappa shape index (κ2) is 8.88. The molecule has 1 aliphatic rings. The molecule has 0 radical (unpaired) electrons. The third-order valence-electron chi connectivity index (χ3n) is 5.32. The summed E-state index contributed by atoms with van der Waals surface area (Å²) in [5.41, 5.74) is 2.96. The van der Waals surface area contributed by atoms with Crippen molar-refractivity contribution in [2.75, 3.05) is 31.1 Å². The van der Waals surface area contributed by atoms with E-state index in [4.69, 9.17) is 34.8 Å². The Hall–Kier alpha value is -2.21. The first-order valence-corrected chi connectivity index (χ1v) is 10.8. The van der Waals surface area contributed by atoms with Crippen LogP contribution in [0.5, 0.6) is 0 Å². The summed E-state index contributed by atoms with van der Waals surface area (Å²) >= 11 is 19.1. The van der Waals surface area contributed by atoms with Gasteiger partial charge in [0.05, 0.1) is 28.5 Å². The summed E-state index contributed by atoms with van der Waals surface area (Å²) < 4.78 is 1.63. The van der Waals surface area contributed by atoms with Gasteiger partial charge in [-0.1, -0.05) is 65.1 Å². The highest BCUT2D eigenvalue weighted by molar-refractivity contribution is 6.33. The van der Waals surface area contributed by atoms with Crippen LogP contribution < -0.4 is 4.90 Å². The molecule has 1 amide bonds. The molecular weight excluding hydrogens is 443 g/mol. The van der Waals surface area contributed by atoms with E-state index >= 15 is 0 Å². The fourth-order valence-electron chi connectivity index (χ4n) is 3.71. The van der Waals surface area contributed by atoms with Gasteiger partial charge in [0, 0.05) is 31.2 Å². The average molecular weight is 464 g/mol. The third kappa shape index (κ3) is 4.15. The predicted molar refractivity (Wildman–Crippen MR) is 122 cm³/mol. The molecule has 4 rings (SSSR count). The van der Waals surface area contributed by atoms with Gasteiger partial charge in [-0.2, -0.15) is 5.10 Å². The fourth-order valence-corrected chi connectivity index (χ4v) is 4.47. The number of aromatic nitrogens is 2. The lowest BCUT2D eigenvalue weighted by Gasteiger charge is -2.36. The van der Waals surface area contributed by atoms with Crippen molar-refractivity contribution in [3.05, 3.63) is 80.6 Å². The number of hydrogen-bond acceptors (Lipinski definition) is 3. The number of carbonyl (C=O) groups is 1. The van der Waals surface area contributed by atoms with Crippen LogP contribution in [0.1, 0.15) is 21.6 Å². The lowest BCUT2D eigenvalue weighted by Crippen LogP contribution is -2.49. The standard InChI is InChI=1S/C22H21Cl3N4O/c1-15-20(21(25)29(26-15)14-16-6-2-3-7-17(16)23)22(30)28-12-10-27(11-13-28)19-9-5-4-8-18(19)24/h2-9H,10-14H2,1H3. The Kier molecular flexibility index (Phi) is 6.23. The zero-order chi connectivity index (χ0) is 21.3. The topological polar surface area (TPSA) is 41.4 Å². The zero-order valence-electron chi connectivity index (χ0n) is 16.5. The number of para-hydroxylation sites is 1. The lowest BCUT2D eigenvalue weighted by atomic mass is 10.2. The van der Waals surface area contributed by atoms with Gasteiger partial charge in [0.25, 0.3) is 5.91 Å². The Labute approximate surface area is 190 Å². The Morgan fingerprint density at radius 1 is 0.933 bits per heavy atom. The van der Waals surface area contributed by atoms with Gasteiger partial charge in [-0.15, -0.1) is 0 Å². The highest BCUT2D eigenvalue weighted by atomic mass is 35.5. The molecule has 2 heterocycles. The number of hydrogen-bond donors (Lipinski definition) is 0. The monoisotopic (exact) mass is 462 g/mol. The summed E-state index contributed by atoms with van der Waals surface area (Å²) in [5.74, 6) is -0.0956. The summed E-state index contributed by atoms with van der Waals surface area (Å²) in [5, 5.41) is 6.19. The molecule has 0 atom stereocenters. The van der Waals surface area contributed by atoms with Crippen LogP contribution >= 0.6 is 34.8 Å². The number of rotatable bonds is 4. The van der Waals surface area contributed by atoms with E-state index in [0.717, 1.165) is 16.3 Å². The van der Waals surface area contributed by atoms with Crippen LogP contribution in [0.2, 0.25) is 15.2 Å². The summed E-state index contributed by atoms with van der Waals surface area (Å²) in [7, 11) is 0. The van der Waals surface area contributed by atoms with Gasteiger partial charge >= 0.3 is 0 Å². The van der Waals surface area contributed by atoms with Crippen LogP contribution in [0.3, 0.4) is 0 Å². The molecule has 1 saturated heterocycles. The summed E-state index contributed by atoms with van der Waals surface area (Å²) in [4.78, 5) is 17.2. The molecule has 5 nitrogen and oxygen atoms in total. The first kappa shape index (κ1) is 21.0. The minimum absolute atomic E-state index is 0.0956. The molecule has 8 heteroatoms. The number of aryl methyl sites for hydroxylation is 1. The molecule has 1 aliphatic heterocycles. The van der Waals surface area contributed by atoms with E-state index < -0.39 is 0 Å². The van der Waals surface area contributed by atoms with Crippen molar-refractivity contribution in [2.45, 2.75) is 13.5 Å². The minimum atomic E-state index is -0.0956. The molecule has 156 valence electrons. The second-order valence-corrected chi connectivity index (χ2v) is 8.40. The minimum Gasteiger partial charge on any atom is -0.367 e. The molecule has 0 bridgehead atoms. The second-order valence-electron chi connectivity index (χ2n) is 7.23. The maximum atomic E-state index is 13.2. The van der Waals surface area contributed by atoms with Gasteiger partial charge in [-0.25, -0.2) is 4.68 Å². The number of piperazine rings is 1. The molecule has 0 N–H and O–H groups in total. The molecule has 0 unspecified atom stereocenters. The Bertz CT molecular complexity index is 1070. The van der Waals surface area contributed by atoms with Crippen molar-refractivity contribution in [3.63, 3.8) is 0 Å². The largest absolute Gasteiger partial charge is 0.367 e. The van der Waals surface area contributed by atoms with Gasteiger partial charge < -0.3 is 9.80 Å². The normalized spacial score (nSPS) is 14.3. The highest BCUT2D eigenvalue weighted by Crippen LogP contribution is 2.28. The van der Waals surface area contributed by atoms with Gasteiger partial charge in [-0.05, 0) is 30.7 Å². The number of nitrogens with zero attached hydrogens (tertiary/aromatic N) is 4. The highest BCUT2D eigenvalue weighted by Gasteiger charge is 2.28. The molecule has 0 aliphatic carbocycles. The first-order chi connectivity index (χ1) is 14.5. The maximum Gasteiger partial charge on any atom is 0.259 e. The van der Waals surface area contributed by atoms with Gasteiger partial charge in [0.15, 0.2) is 0 Å². The summed E-state index contributed by atoms with van der Waals surface area (Å²) in [6.07, 6.45) is 0. The third-order valence-corrected chi connectivity index (χ3v) is 6.39. The number of amides is 1. The molecule has 0 spiro atoms. The van der Waals surface area contributed by atoms with Crippen LogP contribution in [0.4, 0.5) is 5.69 Å². The van der Waals surface area contributed by atoms with Crippen molar-refractivity contribution in [2.24, 2.45) is 0 Å². The quantitative estimate of drug-likeness (QED) is 0.536. The van der Waals surface area contributed by atoms with Crippen molar-refractivity contribution in [3.8, 4) is 0 Å². The van der Waals surface area contributed by atoms with Crippen LogP contribution in [-0.4, -0.2) is 46.8 Å². The molecule has 30 heavy (non-hydrogen) atoms. The summed E-state index contributed by atoms with van der Waals surface area (Å²) in [6, 6.07) is 15.3. The number of halogens is 3. The van der Waals surface area contributed by atoms with E-state index in [2.05, 4.69) is 10.00 Å². The molecule has 2 aromatic carbocycles. The van der Waals surface area contributed by atoms with E-state index in [0.29, 0.717) is 54.2 Å². The van der Waals surface area contributed by atoms with Crippen molar-refractivity contribution in [1.82, 2.24) is 14.7 Å². The fraction of sp³-hybridized carbons (Fsp3) is 0.273. The average Bonchev–Trinajstić information content (AvgIpc) is 3.03. The molecule has 0 saturated carbocycles. The van der Waals surface area contributed by atoms with Crippen molar-refractivity contribution in [1.29, 1.82) is 0 Å². The molecule has 3 aromatic rings. The smallest absolute Gasteiger partial charge is 0.259 e. The number of carbonyl (C=O) groups excluding carboxylic acids is 1. The van der Waals surface area contributed by atoms with Crippen LogP contribution in [0.15, 0.2) is 48.5 Å². The van der Waals surface area contributed by atoms with E-state index in [1.54, 1.807) is 4.68 Å². The molecular formula is C22H21Cl3N4O. The van der Waals surface area contributed by atoms with Crippen molar-refractivity contribution >= 4 is 46.4 Å². The van der Waals surface area contributed by atoms with E-state index in [1.165, 1.54) is 0 Å². The van der Waals surface area contributed by atoms with Gasteiger partial charge in [-0.3, -0.25) is 4.79 Å². The van der Waals surface area contributed by atoms with Crippen LogP contribution in [0.25, 0.3) is 0 Å². The van der Waals surface area contributed by atoms with Crippen LogP contribution in [-0.2, 0) is 6.54 Å². The van der Waals surface area contributed by atoms with Crippen LogP contribution in [0, 0.1) is 6.92 Å². The van der Waals surface area contributed by atoms with E-state index in [1.807, 2.05) is 60.4 Å². The Morgan fingerprint density at radius 2 is 1.57 bits per heavy atom.